The number of halogens is 2. The molecule has 0 saturated heterocycles. The van der Waals surface area contributed by atoms with Gasteiger partial charge in [-0.3, -0.25) is 9.59 Å². The molecular formula is C15H17ClFNO3. The lowest BCUT2D eigenvalue weighted by molar-refractivity contribution is -0.146. The van der Waals surface area contributed by atoms with E-state index in [1.165, 1.54) is 19.2 Å². The van der Waals surface area contributed by atoms with Crippen LogP contribution in [0.3, 0.4) is 0 Å². The molecule has 0 bridgehead atoms. The maximum atomic E-state index is 13.7. The number of hydrogen-bond acceptors (Lipinski definition) is 3. The summed E-state index contributed by atoms with van der Waals surface area (Å²) in [6.07, 6.45) is 2.88. The van der Waals surface area contributed by atoms with Crippen molar-refractivity contribution in [1.29, 1.82) is 0 Å². The number of amides is 1. The molecule has 0 aliphatic heterocycles. The first-order valence-electron chi connectivity index (χ1n) is 6.85. The van der Waals surface area contributed by atoms with Gasteiger partial charge in [0, 0.05) is 11.1 Å². The second kappa shape index (κ2) is 6.89. The Morgan fingerprint density at radius 2 is 2.14 bits per heavy atom. The fourth-order valence-corrected chi connectivity index (χ4v) is 2.80. The van der Waals surface area contributed by atoms with Gasteiger partial charge in [-0.15, -0.1) is 0 Å². The topological polar surface area (TPSA) is 55.4 Å². The van der Waals surface area contributed by atoms with Crippen molar-refractivity contribution in [2.24, 2.45) is 5.92 Å². The molecule has 21 heavy (non-hydrogen) atoms. The first-order valence-corrected chi connectivity index (χ1v) is 7.22. The van der Waals surface area contributed by atoms with E-state index in [0.29, 0.717) is 6.42 Å². The summed E-state index contributed by atoms with van der Waals surface area (Å²) in [5.41, 5.74) is -0.0420. The molecule has 1 N–H and O–H groups in total. The van der Waals surface area contributed by atoms with Crippen LogP contribution in [0.25, 0.3) is 0 Å². The molecule has 2 rings (SSSR count). The zero-order valence-corrected chi connectivity index (χ0v) is 12.5. The first-order chi connectivity index (χ1) is 10.0. The Labute approximate surface area is 127 Å². The molecule has 1 fully saturated rings. The molecular weight excluding hydrogens is 297 g/mol. The zero-order valence-electron chi connectivity index (χ0n) is 11.7. The van der Waals surface area contributed by atoms with Crippen LogP contribution in [0.15, 0.2) is 18.2 Å². The van der Waals surface area contributed by atoms with Crippen molar-refractivity contribution in [1.82, 2.24) is 5.32 Å². The monoisotopic (exact) mass is 313 g/mol. The van der Waals surface area contributed by atoms with Gasteiger partial charge in [-0.05, 0) is 37.5 Å². The average Bonchev–Trinajstić information content (AvgIpc) is 2.46. The average molecular weight is 314 g/mol. The molecule has 1 amide bonds. The summed E-state index contributed by atoms with van der Waals surface area (Å²) >= 11 is 5.66. The van der Waals surface area contributed by atoms with E-state index in [4.69, 9.17) is 16.3 Å². The Morgan fingerprint density at radius 3 is 2.81 bits per heavy atom. The van der Waals surface area contributed by atoms with Crippen LogP contribution in [0.2, 0.25) is 5.02 Å². The molecule has 0 unspecified atom stereocenters. The van der Waals surface area contributed by atoms with Gasteiger partial charge in [-0.1, -0.05) is 18.0 Å². The third kappa shape index (κ3) is 3.94. The zero-order chi connectivity index (χ0) is 15.4. The Morgan fingerprint density at radius 1 is 1.38 bits per heavy atom. The van der Waals surface area contributed by atoms with Gasteiger partial charge < -0.3 is 10.1 Å². The fraction of sp³-hybridized carbons (Fsp3) is 0.467. The van der Waals surface area contributed by atoms with E-state index in [1.54, 1.807) is 0 Å². The Bertz CT molecular complexity index is 550. The van der Waals surface area contributed by atoms with Gasteiger partial charge >= 0.3 is 5.97 Å². The molecule has 1 aromatic carbocycles. The van der Waals surface area contributed by atoms with Crippen LogP contribution in [0.4, 0.5) is 4.39 Å². The number of esters is 1. The molecule has 1 aliphatic rings. The van der Waals surface area contributed by atoms with E-state index in [-0.39, 0.29) is 28.5 Å². The van der Waals surface area contributed by atoms with Crippen LogP contribution in [-0.4, -0.2) is 25.0 Å². The van der Waals surface area contributed by atoms with Gasteiger partial charge in [0.15, 0.2) is 0 Å². The number of carbonyl (C=O) groups is 2. The number of methoxy groups -OCH3 is 1. The van der Waals surface area contributed by atoms with E-state index in [9.17, 15) is 14.0 Å². The van der Waals surface area contributed by atoms with Gasteiger partial charge in [-0.2, -0.15) is 0 Å². The predicted octanol–water partition coefficient (Wildman–Crippen LogP) is 2.94. The highest BCUT2D eigenvalue weighted by Gasteiger charge is 2.29. The fourth-order valence-electron chi connectivity index (χ4n) is 2.64. The highest BCUT2D eigenvalue weighted by Crippen LogP contribution is 2.25. The minimum atomic E-state index is -0.652. The van der Waals surface area contributed by atoms with Crippen LogP contribution in [0, 0.1) is 11.7 Å². The summed E-state index contributed by atoms with van der Waals surface area (Å²) in [6, 6.07) is 3.78. The molecule has 1 aliphatic carbocycles. The molecule has 2 atom stereocenters. The van der Waals surface area contributed by atoms with Crippen LogP contribution in [0.5, 0.6) is 0 Å². The van der Waals surface area contributed by atoms with E-state index in [0.717, 1.165) is 25.3 Å². The lowest BCUT2D eigenvalue weighted by Gasteiger charge is -2.28. The maximum Gasteiger partial charge on any atom is 0.308 e. The van der Waals surface area contributed by atoms with E-state index in [2.05, 4.69) is 5.32 Å². The Balaban J connectivity index is 2.00. The quantitative estimate of drug-likeness (QED) is 0.873. The standard InChI is InChI=1S/C15H17ClFNO3/c1-21-15(20)9-3-2-4-11(7-9)18-14(19)12-6-5-10(16)8-13(12)17/h5-6,8-9,11H,2-4,7H2,1H3,(H,18,19)/t9-,11+/m0/s1. The van der Waals surface area contributed by atoms with Gasteiger partial charge in [0.05, 0.1) is 18.6 Å². The van der Waals surface area contributed by atoms with Crippen molar-refractivity contribution in [3.8, 4) is 0 Å². The second-order valence-electron chi connectivity index (χ2n) is 5.18. The number of hydrogen-bond donors (Lipinski definition) is 1. The van der Waals surface area contributed by atoms with Crippen molar-refractivity contribution in [2.75, 3.05) is 7.11 Å². The lowest BCUT2D eigenvalue weighted by Crippen LogP contribution is -2.40. The Kier molecular flexibility index (Phi) is 5.17. The normalized spacial score (nSPS) is 21.7. The van der Waals surface area contributed by atoms with Crippen molar-refractivity contribution in [3.05, 3.63) is 34.6 Å². The van der Waals surface area contributed by atoms with Crippen LogP contribution < -0.4 is 5.32 Å². The van der Waals surface area contributed by atoms with Crippen molar-refractivity contribution >= 4 is 23.5 Å². The molecule has 6 heteroatoms. The summed E-state index contributed by atoms with van der Waals surface area (Å²) in [5.74, 6) is -1.60. The van der Waals surface area contributed by atoms with Gasteiger partial charge in [0.25, 0.3) is 5.91 Å². The molecule has 1 saturated carbocycles. The molecule has 0 heterocycles. The number of ether oxygens (including phenoxy) is 1. The Hall–Kier alpha value is -1.62. The van der Waals surface area contributed by atoms with Crippen LogP contribution in [-0.2, 0) is 9.53 Å². The minimum Gasteiger partial charge on any atom is -0.469 e. The summed E-state index contributed by atoms with van der Waals surface area (Å²) in [4.78, 5) is 23.6. The van der Waals surface area contributed by atoms with E-state index >= 15 is 0 Å². The predicted molar refractivity (Wildman–Crippen MR) is 76.6 cm³/mol. The lowest BCUT2D eigenvalue weighted by atomic mass is 9.85. The number of rotatable bonds is 3. The third-order valence-corrected chi connectivity index (χ3v) is 3.95. The molecule has 4 nitrogen and oxygen atoms in total. The molecule has 1 aromatic rings. The largest absolute Gasteiger partial charge is 0.469 e. The van der Waals surface area contributed by atoms with Gasteiger partial charge in [0.1, 0.15) is 5.82 Å². The summed E-state index contributed by atoms with van der Waals surface area (Å²) in [6.45, 7) is 0. The van der Waals surface area contributed by atoms with Crippen molar-refractivity contribution in [2.45, 2.75) is 31.7 Å². The summed E-state index contributed by atoms with van der Waals surface area (Å²) < 4.78 is 18.4. The van der Waals surface area contributed by atoms with Crippen LogP contribution in [0.1, 0.15) is 36.0 Å². The van der Waals surface area contributed by atoms with Crippen molar-refractivity contribution < 1.29 is 18.7 Å². The number of carbonyl (C=O) groups excluding carboxylic acids is 2. The minimum absolute atomic E-state index is 0.0420. The molecule has 0 spiro atoms. The smallest absolute Gasteiger partial charge is 0.308 e. The maximum absolute atomic E-state index is 13.7. The first kappa shape index (κ1) is 15.8. The summed E-state index contributed by atoms with van der Waals surface area (Å²) in [7, 11) is 1.35. The van der Waals surface area contributed by atoms with E-state index in [1.807, 2.05) is 0 Å². The second-order valence-corrected chi connectivity index (χ2v) is 5.62. The molecule has 0 radical (unpaired) electrons. The SMILES string of the molecule is COC(=O)[C@H]1CCC[C@@H](NC(=O)c2ccc(Cl)cc2F)C1. The highest BCUT2D eigenvalue weighted by atomic mass is 35.5. The van der Waals surface area contributed by atoms with E-state index < -0.39 is 11.7 Å². The number of nitrogens with one attached hydrogen (secondary N) is 1. The van der Waals surface area contributed by atoms with Crippen LogP contribution >= 0.6 is 11.6 Å². The molecule has 114 valence electrons. The number of benzene rings is 1. The summed E-state index contributed by atoms with van der Waals surface area (Å²) in [5, 5.41) is 3.02. The third-order valence-electron chi connectivity index (χ3n) is 3.72. The van der Waals surface area contributed by atoms with Gasteiger partial charge in [-0.25, -0.2) is 4.39 Å². The van der Waals surface area contributed by atoms with Crippen molar-refractivity contribution in [3.63, 3.8) is 0 Å². The highest BCUT2D eigenvalue weighted by molar-refractivity contribution is 6.30. The van der Waals surface area contributed by atoms with Gasteiger partial charge in [0.2, 0.25) is 0 Å². The molecule has 0 aromatic heterocycles.